The molecule has 0 aliphatic carbocycles. The molecule has 0 fully saturated rings. The number of aromatic nitrogens is 4. The molecule has 4 heterocycles. The minimum atomic E-state index is -0.479. The van der Waals surface area contributed by atoms with Gasteiger partial charge in [-0.15, -0.1) is 0 Å². The normalized spacial score (nSPS) is 14.8. The molecule has 1 atom stereocenters. The van der Waals surface area contributed by atoms with Gasteiger partial charge in [0.15, 0.2) is 0 Å². The lowest BCUT2D eigenvalue weighted by molar-refractivity contribution is -0.117. The summed E-state index contributed by atoms with van der Waals surface area (Å²) in [5.41, 5.74) is 10.2. The number of rotatable bonds is 5. The van der Waals surface area contributed by atoms with E-state index in [0.29, 0.717) is 30.0 Å². The summed E-state index contributed by atoms with van der Waals surface area (Å²) in [5.74, 6) is -0.427. The number of amides is 2. The lowest BCUT2D eigenvalue weighted by atomic mass is 9.96. The van der Waals surface area contributed by atoms with Gasteiger partial charge in [0.25, 0.3) is 5.91 Å². The molecule has 0 spiro atoms. The molecule has 2 amide bonds. The second kappa shape index (κ2) is 8.98. The van der Waals surface area contributed by atoms with Crippen molar-refractivity contribution < 1.29 is 14.0 Å². The predicted octanol–water partition coefficient (Wildman–Crippen LogP) is 3.08. The molecule has 3 aromatic heterocycles. The molecule has 9 nitrogen and oxygen atoms in total. The van der Waals surface area contributed by atoms with E-state index in [9.17, 15) is 14.0 Å². The van der Waals surface area contributed by atoms with Crippen molar-refractivity contribution in [3.05, 3.63) is 78.7 Å². The van der Waals surface area contributed by atoms with E-state index in [4.69, 9.17) is 5.73 Å². The molecule has 5 rings (SSSR count). The summed E-state index contributed by atoms with van der Waals surface area (Å²) in [5, 5.41) is 6.35. The highest BCUT2D eigenvalue weighted by Crippen LogP contribution is 2.39. The maximum atomic E-state index is 13.1. The third-order valence-corrected chi connectivity index (χ3v) is 6.05. The van der Waals surface area contributed by atoms with Crippen molar-refractivity contribution in [2.24, 2.45) is 0 Å². The molecule has 0 saturated carbocycles. The van der Waals surface area contributed by atoms with Crippen molar-refractivity contribution >= 4 is 34.5 Å². The quantitative estimate of drug-likeness (QED) is 0.384. The number of nitrogens with one attached hydrogen (secondary N) is 2. The molecule has 0 radical (unpaired) electrons. The van der Waals surface area contributed by atoms with Crippen LogP contribution >= 0.6 is 0 Å². The van der Waals surface area contributed by atoms with Crippen LogP contribution in [0.2, 0.25) is 0 Å². The van der Waals surface area contributed by atoms with E-state index in [0.717, 1.165) is 34.8 Å². The largest absolute Gasteiger partial charge is 0.383 e. The van der Waals surface area contributed by atoms with Crippen LogP contribution in [0.4, 0.5) is 16.0 Å². The molecule has 176 valence electrons. The Balaban J connectivity index is 1.48. The second-order valence-corrected chi connectivity index (χ2v) is 8.23. The number of halogens is 1. The number of nitrogen functional groups attached to an aromatic ring is 1. The van der Waals surface area contributed by atoms with Gasteiger partial charge in [0.05, 0.1) is 11.6 Å². The van der Waals surface area contributed by atoms with Crippen molar-refractivity contribution in [3.63, 3.8) is 0 Å². The van der Waals surface area contributed by atoms with Crippen molar-refractivity contribution in [2.45, 2.75) is 25.4 Å². The van der Waals surface area contributed by atoms with Crippen LogP contribution in [0.1, 0.15) is 22.5 Å². The number of hydrogen-bond acceptors (Lipinski definition) is 6. The summed E-state index contributed by atoms with van der Waals surface area (Å²) in [4.78, 5) is 36.9. The molecule has 1 aliphatic rings. The number of anilines is 2. The van der Waals surface area contributed by atoms with Crippen LogP contribution in [-0.2, 0) is 17.8 Å². The zero-order valence-electron chi connectivity index (χ0n) is 18.7. The summed E-state index contributed by atoms with van der Waals surface area (Å²) in [7, 11) is 0. The molecule has 1 aromatic carbocycles. The second-order valence-electron chi connectivity index (χ2n) is 8.23. The first-order chi connectivity index (χ1) is 16.9. The number of hydrogen-bond donors (Lipinski definition) is 3. The van der Waals surface area contributed by atoms with E-state index >= 15 is 0 Å². The van der Waals surface area contributed by atoms with Gasteiger partial charge >= 0.3 is 0 Å². The van der Waals surface area contributed by atoms with Crippen LogP contribution in [0.5, 0.6) is 0 Å². The average molecular weight is 471 g/mol. The van der Waals surface area contributed by atoms with E-state index in [1.807, 2.05) is 12.1 Å². The van der Waals surface area contributed by atoms with Crippen molar-refractivity contribution in [1.29, 1.82) is 0 Å². The third kappa shape index (κ3) is 4.21. The Labute approximate surface area is 199 Å². The fourth-order valence-electron chi connectivity index (χ4n) is 4.44. The molecule has 4 aromatic rings. The molecule has 35 heavy (non-hydrogen) atoms. The summed E-state index contributed by atoms with van der Waals surface area (Å²) in [6.07, 6.45) is 5.18. The number of carbonyl (C=O) groups excluding carboxylic acids is 2. The van der Waals surface area contributed by atoms with Gasteiger partial charge in [0, 0.05) is 29.4 Å². The van der Waals surface area contributed by atoms with Gasteiger partial charge in [-0.05, 0) is 48.7 Å². The minimum Gasteiger partial charge on any atom is -0.383 e. The number of carbonyl (C=O) groups is 2. The molecule has 10 heteroatoms. The smallest absolute Gasteiger partial charge is 0.256 e. The van der Waals surface area contributed by atoms with Crippen LogP contribution < -0.4 is 16.4 Å². The minimum absolute atomic E-state index is 0.0567. The van der Waals surface area contributed by atoms with Crippen LogP contribution in [0, 0.1) is 5.82 Å². The molecule has 4 N–H and O–H groups in total. The Kier molecular flexibility index (Phi) is 5.69. The third-order valence-electron chi connectivity index (χ3n) is 6.05. The fourth-order valence-corrected chi connectivity index (χ4v) is 4.44. The van der Waals surface area contributed by atoms with Gasteiger partial charge in [-0.2, -0.15) is 0 Å². The Morgan fingerprint density at radius 3 is 2.66 bits per heavy atom. The van der Waals surface area contributed by atoms with E-state index in [1.165, 1.54) is 24.5 Å². The van der Waals surface area contributed by atoms with E-state index in [1.54, 1.807) is 12.1 Å². The molecule has 0 saturated heterocycles. The van der Waals surface area contributed by atoms with E-state index in [-0.39, 0.29) is 23.7 Å². The number of nitrogens with two attached hydrogens (primary N) is 1. The highest BCUT2D eigenvalue weighted by molar-refractivity contribution is 6.05. The van der Waals surface area contributed by atoms with Gasteiger partial charge in [-0.3, -0.25) is 9.59 Å². The van der Waals surface area contributed by atoms with Gasteiger partial charge in [-0.25, -0.2) is 19.3 Å². The molecule has 1 aliphatic heterocycles. The van der Waals surface area contributed by atoms with Gasteiger partial charge in [0.2, 0.25) is 5.91 Å². The monoisotopic (exact) mass is 471 g/mol. The zero-order valence-corrected chi connectivity index (χ0v) is 18.7. The van der Waals surface area contributed by atoms with Crippen LogP contribution in [0.3, 0.4) is 0 Å². The number of benzene rings is 1. The zero-order chi connectivity index (χ0) is 24.5. The summed E-state index contributed by atoms with van der Waals surface area (Å²) >= 11 is 0. The van der Waals surface area contributed by atoms with Gasteiger partial charge in [-0.1, -0.05) is 18.7 Å². The molecule has 0 bridgehead atoms. The number of pyridine rings is 1. The van der Waals surface area contributed by atoms with Gasteiger partial charge in [0.1, 0.15) is 29.4 Å². The van der Waals surface area contributed by atoms with Gasteiger partial charge < -0.3 is 20.9 Å². The predicted molar refractivity (Wildman–Crippen MR) is 130 cm³/mol. The van der Waals surface area contributed by atoms with Crippen molar-refractivity contribution in [2.75, 3.05) is 11.1 Å². The first-order valence-corrected chi connectivity index (χ1v) is 11.0. The van der Waals surface area contributed by atoms with E-state index < -0.39 is 5.82 Å². The molecule has 1 unspecified atom stereocenters. The molecular weight excluding hydrogens is 449 g/mol. The standard InChI is InChI=1S/C25H22FN7O2/c1-2-20(34)31-17-8-9-18-21(22-23(27)29-13-30-24(22)33(18)12-17)14-3-5-15(6-4-14)25(35)32-19-10-7-16(26)11-28-19/h2-7,10-11,13,17H,1,8-9,12H2,(H,31,34)(H2,27,29,30)(H,28,32,35). The van der Waals surface area contributed by atoms with Crippen LogP contribution in [0.25, 0.3) is 22.2 Å². The summed E-state index contributed by atoms with van der Waals surface area (Å²) in [6.45, 7) is 4.07. The Hall–Kier alpha value is -4.60. The topological polar surface area (TPSA) is 128 Å². The highest BCUT2D eigenvalue weighted by atomic mass is 19.1. The lowest BCUT2D eigenvalue weighted by Gasteiger charge is -2.26. The fraction of sp³-hybridized carbons (Fsp3) is 0.160. The van der Waals surface area contributed by atoms with E-state index in [2.05, 4.69) is 36.7 Å². The maximum Gasteiger partial charge on any atom is 0.256 e. The average Bonchev–Trinajstić information content (AvgIpc) is 3.20. The number of nitrogens with zero attached hydrogens (tertiary/aromatic N) is 4. The number of fused-ring (bicyclic) bond motifs is 3. The molecular formula is C25H22FN7O2. The lowest BCUT2D eigenvalue weighted by Crippen LogP contribution is -2.40. The van der Waals surface area contributed by atoms with Crippen molar-refractivity contribution in [1.82, 2.24) is 24.8 Å². The Morgan fingerprint density at radius 2 is 1.94 bits per heavy atom. The Morgan fingerprint density at radius 1 is 1.14 bits per heavy atom. The maximum absolute atomic E-state index is 13.1. The van der Waals surface area contributed by atoms with Crippen molar-refractivity contribution in [3.8, 4) is 11.1 Å². The first kappa shape index (κ1) is 22.2. The van der Waals surface area contributed by atoms with Crippen LogP contribution in [-0.4, -0.2) is 37.4 Å². The SMILES string of the molecule is C=CC(=O)NC1CCc2c(-c3ccc(C(=O)Nc4ccc(F)cn4)cc3)c3c(N)ncnc3n2C1. The Bertz CT molecular complexity index is 1450. The first-order valence-electron chi connectivity index (χ1n) is 11.0. The summed E-state index contributed by atoms with van der Waals surface area (Å²) < 4.78 is 15.1. The summed E-state index contributed by atoms with van der Waals surface area (Å²) in [6, 6.07) is 9.68. The van der Waals surface area contributed by atoms with Crippen LogP contribution in [0.15, 0.2) is 61.6 Å². The highest BCUT2D eigenvalue weighted by Gasteiger charge is 2.28.